The highest BCUT2D eigenvalue weighted by atomic mass is 16.3. The highest BCUT2D eigenvalue weighted by molar-refractivity contribution is 5.15. The summed E-state index contributed by atoms with van der Waals surface area (Å²) < 4.78 is 1.53. The predicted octanol–water partition coefficient (Wildman–Crippen LogP) is 0.0592. The van der Waals surface area contributed by atoms with E-state index in [0.29, 0.717) is 0 Å². The second-order valence-electron chi connectivity index (χ2n) is 5.19. The molecule has 1 fully saturated rings. The molecule has 0 atom stereocenters. The van der Waals surface area contributed by atoms with Gasteiger partial charge in [0.05, 0.1) is 6.61 Å². The van der Waals surface area contributed by atoms with Crippen LogP contribution in [-0.4, -0.2) is 46.0 Å². The second kappa shape index (κ2) is 4.66. The van der Waals surface area contributed by atoms with Gasteiger partial charge in [-0.25, -0.2) is 0 Å². The Bertz CT molecular complexity index is 427. The lowest BCUT2D eigenvalue weighted by Crippen LogP contribution is -2.42. The monoisotopic (exact) mass is 239 g/mol. The van der Waals surface area contributed by atoms with E-state index in [1.54, 1.807) is 13.1 Å². The SMILES string of the molecule is Cn1[nH]c(C2(C)CCN(CCO)CC2)cc1=O. The van der Waals surface area contributed by atoms with Gasteiger partial charge in [-0.05, 0) is 25.9 Å². The van der Waals surface area contributed by atoms with Gasteiger partial charge in [-0.15, -0.1) is 0 Å². The molecule has 0 bridgehead atoms. The third-order valence-electron chi connectivity index (χ3n) is 3.91. The van der Waals surface area contributed by atoms with Crippen molar-refractivity contribution >= 4 is 0 Å². The van der Waals surface area contributed by atoms with Crippen LogP contribution in [0, 0.1) is 0 Å². The van der Waals surface area contributed by atoms with Gasteiger partial charge in [0.15, 0.2) is 0 Å². The van der Waals surface area contributed by atoms with Crippen molar-refractivity contribution in [1.82, 2.24) is 14.7 Å². The van der Waals surface area contributed by atoms with Crippen LogP contribution in [0.3, 0.4) is 0 Å². The van der Waals surface area contributed by atoms with E-state index in [0.717, 1.165) is 38.2 Å². The van der Waals surface area contributed by atoms with E-state index >= 15 is 0 Å². The first kappa shape index (κ1) is 12.4. The molecule has 5 heteroatoms. The minimum Gasteiger partial charge on any atom is -0.395 e. The minimum atomic E-state index is 0.0269. The molecule has 1 aromatic heterocycles. The highest BCUT2D eigenvalue weighted by Crippen LogP contribution is 2.33. The maximum Gasteiger partial charge on any atom is 0.266 e. The Morgan fingerprint density at radius 1 is 1.47 bits per heavy atom. The van der Waals surface area contributed by atoms with E-state index in [1.807, 2.05) is 0 Å². The molecule has 17 heavy (non-hydrogen) atoms. The lowest BCUT2D eigenvalue weighted by atomic mass is 9.77. The van der Waals surface area contributed by atoms with Gasteiger partial charge in [0, 0.05) is 30.8 Å². The smallest absolute Gasteiger partial charge is 0.266 e. The van der Waals surface area contributed by atoms with Crippen molar-refractivity contribution in [3.8, 4) is 0 Å². The highest BCUT2D eigenvalue weighted by Gasteiger charge is 2.33. The van der Waals surface area contributed by atoms with Crippen molar-refractivity contribution < 1.29 is 5.11 Å². The number of aryl methyl sites for hydroxylation is 1. The molecule has 2 rings (SSSR count). The van der Waals surface area contributed by atoms with Crippen molar-refractivity contribution in [2.24, 2.45) is 7.05 Å². The lowest BCUT2D eigenvalue weighted by molar-refractivity contribution is 0.135. The number of β-amino-alcohol motifs (C(OH)–C–C–N with tert-alkyl or cyclic N) is 1. The summed E-state index contributed by atoms with van der Waals surface area (Å²) in [5.74, 6) is 0. The van der Waals surface area contributed by atoms with Crippen LogP contribution in [0.25, 0.3) is 0 Å². The van der Waals surface area contributed by atoms with Crippen molar-refractivity contribution in [2.75, 3.05) is 26.2 Å². The number of H-pyrrole nitrogens is 1. The Labute approximate surface area is 101 Å². The van der Waals surface area contributed by atoms with Gasteiger partial charge in [-0.1, -0.05) is 6.92 Å². The number of nitrogens with one attached hydrogen (secondary N) is 1. The molecule has 0 aromatic carbocycles. The van der Waals surface area contributed by atoms with Gasteiger partial charge in [0.2, 0.25) is 0 Å². The molecule has 96 valence electrons. The second-order valence-corrected chi connectivity index (χ2v) is 5.19. The summed E-state index contributed by atoms with van der Waals surface area (Å²) in [7, 11) is 1.75. The van der Waals surface area contributed by atoms with Crippen molar-refractivity contribution in [2.45, 2.75) is 25.2 Å². The van der Waals surface area contributed by atoms with Crippen LogP contribution >= 0.6 is 0 Å². The fourth-order valence-corrected chi connectivity index (χ4v) is 2.48. The number of aliphatic hydroxyl groups excluding tert-OH is 1. The molecule has 1 aliphatic heterocycles. The molecule has 0 amide bonds. The Morgan fingerprint density at radius 2 is 2.12 bits per heavy atom. The maximum absolute atomic E-state index is 11.5. The van der Waals surface area contributed by atoms with Gasteiger partial charge in [0.1, 0.15) is 0 Å². The first-order valence-corrected chi connectivity index (χ1v) is 6.15. The number of aromatic nitrogens is 2. The molecule has 2 heterocycles. The fourth-order valence-electron chi connectivity index (χ4n) is 2.48. The number of hydrogen-bond donors (Lipinski definition) is 2. The van der Waals surface area contributed by atoms with Crippen LogP contribution < -0.4 is 5.56 Å². The van der Waals surface area contributed by atoms with Crippen molar-refractivity contribution in [3.05, 3.63) is 22.1 Å². The summed E-state index contributed by atoms with van der Waals surface area (Å²) in [6.45, 7) is 5.14. The average Bonchev–Trinajstić information content (AvgIpc) is 2.64. The van der Waals surface area contributed by atoms with Gasteiger partial charge in [-0.3, -0.25) is 14.6 Å². The zero-order valence-electron chi connectivity index (χ0n) is 10.6. The van der Waals surface area contributed by atoms with Crippen LogP contribution in [0.4, 0.5) is 0 Å². The first-order valence-electron chi connectivity index (χ1n) is 6.15. The summed E-state index contributed by atoms with van der Waals surface area (Å²) >= 11 is 0. The quantitative estimate of drug-likeness (QED) is 0.784. The molecule has 0 spiro atoms. The summed E-state index contributed by atoms with van der Waals surface area (Å²) in [6, 6.07) is 1.71. The molecule has 1 aliphatic rings. The van der Waals surface area contributed by atoms with E-state index in [9.17, 15) is 4.79 Å². The van der Waals surface area contributed by atoms with Crippen LogP contribution in [-0.2, 0) is 12.5 Å². The zero-order chi connectivity index (χ0) is 12.5. The number of likely N-dealkylation sites (tertiary alicyclic amines) is 1. The normalized spacial score (nSPS) is 20.6. The number of rotatable bonds is 3. The molecule has 1 aromatic rings. The third kappa shape index (κ3) is 2.45. The van der Waals surface area contributed by atoms with E-state index in [4.69, 9.17) is 5.11 Å². The standard InChI is InChI=1S/C12H21N3O2/c1-12(10-9-11(17)14(2)13-10)3-5-15(6-4-12)7-8-16/h9,13,16H,3-8H2,1-2H3. The third-order valence-corrected chi connectivity index (χ3v) is 3.91. The number of nitrogens with zero attached hydrogens (tertiary/aromatic N) is 2. The molecular formula is C12H21N3O2. The number of hydrogen-bond acceptors (Lipinski definition) is 3. The minimum absolute atomic E-state index is 0.0269. The van der Waals surface area contributed by atoms with Crippen LogP contribution in [0.2, 0.25) is 0 Å². The number of aliphatic hydroxyl groups is 1. The predicted molar refractivity (Wildman–Crippen MR) is 66.1 cm³/mol. The summed E-state index contributed by atoms with van der Waals surface area (Å²) in [4.78, 5) is 13.7. The van der Waals surface area contributed by atoms with Crippen molar-refractivity contribution in [3.63, 3.8) is 0 Å². The number of aromatic amines is 1. The van der Waals surface area contributed by atoms with Crippen LogP contribution in [0.1, 0.15) is 25.5 Å². The summed E-state index contributed by atoms with van der Waals surface area (Å²) in [5.41, 5.74) is 1.12. The Balaban J connectivity index is 2.09. The molecule has 0 saturated carbocycles. The van der Waals surface area contributed by atoms with Gasteiger partial charge in [-0.2, -0.15) is 0 Å². The van der Waals surface area contributed by atoms with E-state index < -0.39 is 0 Å². The van der Waals surface area contributed by atoms with E-state index in [-0.39, 0.29) is 17.6 Å². The van der Waals surface area contributed by atoms with Crippen molar-refractivity contribution in [1.29, 1.82) is 0 Å². The van der Waals surface area contributed by atoms with Crippen LogP contribution in [0.5, 0.6) is 0 Å². The molecule has 2 N–H and O–H groups in total. The lowest BCUT2D eigenvalue weighted by Gasteiger charge is -2.38. The topological polar surface area (TPSA) is 61.3 Å². The van der Waals surface area contributed by atoms with E-state index in [1.165, 1.54) is 4.68 Å². The summed E-state index contributed by atoms with van der Waals surface area (Å²) in [6.07, 6.45) is 2.04. The van der Waals surface area contributed by atoms with Gasteiger partial charge < -0.3 is 10.0 Å². The average molecular weight is 239 g/mol. The Kier molecular flexibility index (Phi) is 3.40. The molecule has 0 unspecified atom stereocenters. The zero-order valence-corrected chi connectivity index (χ0v) is 10.6. The maximum atomic E-state index is 11.5. The Morgan fingerprint density at radius 3 is 2.59 bits per heavy atom. The summed E-state index contributed by atoms with van der Waals surface area (Å²) in [5, 5.41) is 12.1. The van der Waals surface area contributed by atoms with Crippen LogP contribution in [0.15, 0.2) is 10.9 Å². The molecular weight excluding hydrogens is 218 g/mol. The molecule has 1 saturated heterocycles. The number of piperidine rings is 1. The molecule has 5 nitrogen and oxygen atoms in total. The molecule has 0 aliphatic carbocycles. The largest absolute Gasteiger partial charge is 0.395 e. The molecule has 0 radical (unpaired) electrons. The van der Waals surface area contributed by atoms with E-state index in [2.05, 4.69) is 16.9 Å². The Hall–Kier alpha value is -1.07. The van der Waals surface area contributed by atoms with Gasteiger partial charge >= 0.3 is 0 Å². The fraction of sp³-hybridized carbons (Fsp3) is 0.750. The first-order chi connectivity index (χ1) is 8.05. The van der Waals surface area contributed by atoms with Gasteiger partial charge in [0.25, 0.3) is 5.56 Å².